The van der Waals surface area contributed by atoms with E-state index in [1.54, 1.807) is 23.6 Å². The van der Waals surface area contributed by atoms with Crippen LogP contribution in [-0.4, -0.2) is 21.0 Å². The smallest absolute Gasteiger partial charge is 0.352 e. The van der Waals surface area contributed by atoms with E-state index in [-0.39, 0.29) is 5.69 Å². The van der Waals surface area contributed by atoms with Gasteiger partial charge in [-0.1, -0.05) is 24.3 Å². The Bertz CT molecular complexity index is 789. The molecule has 3 aromatic rings. The molecule has 0 amide bonds. The van der Waals surface area contributed by atoms with Gasteiger partial charge in [0.25, 0.3) is 0 Å². The van der Waals surface area contributed by atoms with Gasteiger partial charge in [0.05, 0.1) is 10.7 Å². The lowest BCUT2D eigenvalue weighted by atomic mass is 10.1. The van der Waals surface area contributed by atoms with E-state index in [4.69, 9.17) is 5.11 Å². The quantitative estimate of drug-likeness (QED) is 0.771. The second kappa shape index (κ2) is 5.54. The monoisotopic (exact) mass is 298 g/mol. The summed E-state index contributed by atoms with van der Waals surface area (Å²) in [6.45, 7) is 2.09. The van der Waals surface area contributed by atoms with E-state index < -0.39 is 5.97 Å². The number of aryl methyl sites for hydroxylation is 1. The van der Waals surface area contributed by atoms with Crippen molar-refractivity contribution in [2.45, 2.75) is 13.3 Å². The molecule has 3 rings (SSSR count). The SMILES string of the molecule is Cc1ccccc1Cc1nc(-c2c[nH]c(C(=O)O)c2)cs1. The van der Waals surface area contributed by atoms with E-state index in [0.29, 0.717) is 0 Å². The van der Waals surface area contributed by atoms with Gasteiger partial charge in [-0.2, -0.15) is 0 Å². The van der Waals surface area contributed by atoms with Crippen LogP contribution in [0.15, 0.2) is 41.9 Å². The Morgan fingerprint density at radius 2 is 2.19 bits per heavy atom. The van der Waals surface area contributed by atoms with Crippen LogP contribution in [0.4, 0.5) is 0 Å². The minimum atomic E-state index is -0.961. The molecular formula is C16H14N2O2S. The van der Waals surface area contributed by atoms with Crippen LogP contribution in [0.1, 0.15) is 26.6 Å². The molecule has 0 unspecified atom stereocenters. The minimum Gasteiger partial charge on any atom is -0.477 e. The number of carbonyl (C=O) groups is 1. The molecule has 0 aliphatic heterocycles. The molecule has 0 spiro atoms. The molecule has 0 fully saturated rings. The fourth-order valence-electron chi connectivity index (χ4n) is 2.16. The molecule has 106 valence electrons. The number of hydrogen-bond acceptors (Lipinski definition) is 3. The first kappa shape index (κ1) is 13.6. The first-order valence-electron chi connectivity index (χ1n) is 6.54. The molecule has 0 radical (unpaired) electrons. The third kappa shape index (κ3) is 2.87. The molecule has 0 bridgehead atoms. The van der Waals surface area contributed by atoms with Crippen LogP contribution in [0, 0.1) is 6.92 Å². The second-order valence-corrected chi connectivity index (χ2v) is 5.78. The average molecular weight is 298 g/mol. The molecule has 0 aliphatic carbocycles. The first-order valence-corrected chi connectivity index (χ1v) is 7.42. The lowest BCUT2D eigenvalue weighted by molar-refractivity contribution is 0.0691. The summed E-state index contributed by atoms with van der Waals surface area (Å²) in [4.78, 5) is 18.2. The molecule has 2 N–H and O–H groups in total. The summed E-state index contributed by atoms with van der Waals surface area (Å²) >= 11 is 1.59. The van der Waals surface area contributed by atoms with Crippen molar-refractivity contribution in [1.82, 2.24) is 9.97 Å². The van der Waals surface area contributed by atoms with Crippen LogP contribution in [0.25, 0.3) is 11.3 Å². The number of aromatic carboxylic acids is 1. The number of nitrogens with one attached hydrogen (secondary N) is 1. The van der Waals surface area contributed by atoms with Gasteiger partial charge in [0.2, 0.25) is 0 Å². The highest BCUT2D eigenvalue weighted by Gasteiger charge is 2.11. The van der Waals surface area contributed by atoms with E-state index in [1.807, 2.05) is 17.5 Å². The molecule has 0 saturated carbocycles. The molecule has 2 aromatic heterocycles. The highest BCUT2D eigenvalue weighted by Crippen LogP contribution is 2.24. The summed E-state index contributed by atoms with van der Waals surface area (Å²) in [5.74, 6) is -0.961. The summed E-state index contributed by atoms with van der Waals surface area (Å²) in [7, 11) is 0. The van der Waals surface area contributed by atoms with E-state index in [0.717, 1.165) is 22.7 Å². The van der Waals surface area contributed by atoms with Gasteiger partial charge in [0.1, 0.15) is 5.69 Å². The highest BCUT2D eigenvalue weighted by molar-refractivity contribution is 7.10. The van der Waals surface area contributed by atoms with Crippen LogP contribution >= 0.6 is 11.3 Å². The Morgan fingerprint density at radius 1 is 1.38 bits per heavy atom. The number of hydrogen-bond donors (Lipinski definition) is 2. The number of H-pyrrole nitrogens is 1. The Labute approximate surface area is 126 Å². The van der Waals surface area contributed by atoms with Crippen molar-refractivity contribution < 1.29 is 9.90 Å². The fourth-order valence-corrected chi connectivity index (χ4v) is 2.99. The Kier molecular flexibility index (Phi) is 3.58. The molecule has 21 heavy (non-hydrogen) atoms. The lowest BCUT2D eigenvalue weighted by Gasteiger charge is -2.02. The third-order valence-corrected chi connectivity index (χ3v) is 4.21. The number of rotatable bonds is 4. The van der Waals surface area contributed by atoms with E-state index in [1.165, 1.54) is 11.1 Å². The number of thiazole rings is 1. The minimum absolute atomic E-state index is 0.179. The van der Waals surface area contributed by atoms with Crippen LogP contribution in [0.2, 0.25) is 0 Å². The second-order valence-electron chi connectivity index (χ2n) is 4.84. The van der Waals surface area contributed by atoms with E-state index in [2.05, 4.69) is 29.0 Å². The van der Waals surface area contributed by atoms with Gasteiger partial charge in [-0.25, -0.2) is 9.78 Å². The van der Waals surface area contributed by atoms with Crippen molar-refractivity contribution in [1.29, 1.82) is 0 Å². The zero-order valence-corrected chi connectivity index (χ0v) is 12.3. The van der Waals surface area contributed by atoms with Crippen molar-refractivity contribution in [3.63, 3.8) is 0 Å². The molecule has 1 aromatic carbocycles. The highest BCUT2D eigenvalue weighted by atomic mass is 32.1. The standard InChI is InChI=1S/C16H14N2O2S/c1-10-4-2-3-5-11(10)7-15-18-14(9-21-15)12-6-13(16(19)20)17-8-12/h2-6,8-9,17H,7H2,1H3,(H,19,20). The number of aromatic nitrogens is 2. The topological polar surface area (TPSA) is 66.0 Å². The summed E-state index contributed by atoms with van der Waals surface area (Å²) in [5, 5.41) is 11.9. The lowest BCUT2D eigenvalue weighted by Crippen LogP contribution is -1.94. The van der Waals surface area contributed by atoms with Crippen LogP contribution in [0.5, 0.6) is 0 Å². The van der Waals surface area contributed by atoms with Gasteiger partial charge in [0, 0.05) is 23.6 Å². The Morgan fingerprint density at radius 3 is 2.90 bits per heavy atom. The van der Waals surface area contributed by atoms with Gasteiger partial charge < -0.3 is 10.1 Å². The fraction of sp³-hybridized carbons (Fsp3) is 0.125. The normalized spacial score (nSPS) is 10.7. The largest absolute Gasteiger partial charge is 0.477 e. The van der Waals surface area contributed by atoms with Crippen molar-refractivity contribution in [2.24, 2.45) is 0 Å². The molecule has 0 atom stereocenters. The predicted molar refractivity (Wildman–Crippen MR) is 82.8 cm³/mol. The summed E-state index contributed by atoms with van der Waals surface area (Å²) in [6.07, 6.45) is 2.48. The van der Waals surface area contributed by atoms with Crippen molar-refractivity contribution in [3.05, 3.63) is 63.7 Å². The van der Waals surface area contributed by atoms with Gasteiger partial charge in [-0.15, -0.1) is 11.3 Å². The third-order valence-electron chi connectivity index (χ3n) is 3.36. The van der Waals surface area contributed by atoms with Crippen molar-refractivity contribution in [3.8, 4) is 11.3 Å². The number of carboxylic acids is 1. The molecule has 0 aliphatic rings. The van der Waals surface area contributed by atoms with Crippen molar-refractivity contribution >= 4 is 17.3 Å². The first-order chi connectivity index (χ1) is 10.1. The molecular weight excluding hydrogens is 284 g/mol. The summed E-state index contributed by atoms with van der Waals surface area (Å²) in [5.41, 5.74) is 4.31. The molecule has 2 heterocycles. The van der Waals surface area contributed by atoms with Gasteiger partial charge in [-0.05, 0) is 24.1 Å². The number of nitrogens with zero attached hydrogens (tertiary/aromatic N) is 1. The van der Waals surface area contributed by atoms with Gasteiger partial charge in [0.15, 0.2) is 0 Å². The van der Waals surface area contributed by atoms with Crippen LogP contribution in [0.3, 0.4) is 0 Å². The van der Waals surface area contributed by atoms with Crippen molar-refractivity contribution in [2.75, 3.05) is 0 Å². The summed E-state index contributed by atoms with van der Waals surface area (Å²) in [6, 6.07) is 9.86. The number of aromatic amines is 1. The number of benzene rings is 1. The molecule has 4 nitrogen and oxygen atoms in total. The summed E-state index contributed by atoms with van der Waals surface area (Å²) < 4.78 is 0. The Hall–Kier alpha value is -2.40. The maximum absolute atomic E-state index is 10.9. The number of carboxylic acid groups (broad SMARTS) is 1. The molecule has 0 saturated heterocycles. The zero-order valence-electron chi connectivity index (χ0n) is 11.5. The van der Waals surface area contributed by atoms with E-state index >= 15 is 0 Å². The van der Waals surface area contributed by atoms with Crippen LogP contribution in [-0.2, 0) is 6.42 Å². The van der Waals surface area contributed by atoms with Gasteiger partial charge >= 0.3 is 5.97 Å². The maximum atomic E-state index is 10.9. The molecule has 5 heteroatoms. The van der Waals surface area contributed by atoms with E-state index in [9.17, 15) is 4.79 Å². The predicted octanol–water partition coefficient (Wildman–Crippen LogP) is 3.74. The zero-order chi connectivity index (χ0) is 14.8. The van der Waals surface area contributed by atoms with Crippen LogP contribution < -0.4 is 0 Å². The Balaban J connectivity index is 1.83. The van der Waals surface area contributed by atoms with Gasteiger partial charge in [-0.3, -0.25) is 0 Å². The average Bonchev–Trinajstić information content (AvgIpc) is 3.10. The maximum Gasteiger partial charge on any atom is 0.352 e.